The van der Waals surface area contributed by atoms with Crippen LogP contribution in [0.5, 0.6) is 11.5 Å². The van der Waals surface area contributed by atoms with E-state index in [2.05, 4.69) is 4.90 Å². The Kier molecular flexibility index (Phi) is 7.29. The van der Waals surface area contributed by atoms with E-state index in [-0.39, 0.29) is 18.1 Å². The van der Waals surface area contributed by atoms with Crippen molar-refractivity contribution in [1.29, 1.82) is 0 Å². The van der Waals surface area contributed by atoms with Gasteiger partial charge in [0, 0.05) is 12.0 Å². The molecule has 4 heteroatoms. The average molecular weight is 343 g/mol. The predicted molar refractivity (Wildman–Crippen MR) is 101 cm³/mol. The Morgan fingerprint density at radius 2 is 1.52 bits per heavy atom. The van der Waals surface area contributed by atoms with E-state index in [0.29, 0.717) is 11.5 Å². The molecule has 3 atom stereocenters. The number of aliphatic hydroxyl groups is 1. The van der Waals surface area contributed by atoms with Crippen molar-refractivity contribution in [2.24, 2.45) is 5.92 Å². The van der Waals surface area contributed by atoms with Gasteiger partial charge in [0.2, 0.25) is 0 Å². The van der Waals surface area contributed by atoms with Gasteiger partial charge in [-0.1, -0.05) is 43.2 Å². The van der Waals surface area contributed by atoms with Crippen molar-refractivity contribution >= 4 is 0 Å². The maximum absolute atomic E-state index is 10.2. The van der Waals surface area contributed by atoms with Gasteiger partial charge in [0.1, 0.15) is 11.5 Å². The Bertz CT molecular complexity index is 630. The van der Waals surface area contributed by atoms with E-state index in [0.717, 1.165) is 24.8 Å². The smallest absolute Gasteiger partial charge is 0.115 e. The fourth-order valence-electron chi connectivity index (χ4n) is 3.57. The number of aliphatic hydroxyl groups excluding tert-OH is 1. The molecule has 0 spiro atoms. The highest BCUT2D eigenvalue weighted by molar-refractivity contribution is 5.30. The summed E-state index contributed by atoms with van der Waals surface area (Å²) in [4.78, 5) is 2.15. The molecule has 3 N–H and O–H groups in total. The third kappa shape index (κ3) is 5.76. The first-order chi connectivity index (χ1) is 12.0. The molecular formula is C21H29NO3. The van der Waals surface area contributed by atoms with Crippen LogP contribution in [-0.4, -0.2) is 40.4 Å². The van der Waals surface area contributed by atoms with Crippen LogP contribution >= 0.6 is 0 Å². The number of phenolic OH excluding ortho intramolecular Hbond substituents is 2. The molecule has 3 rings (SSSR count). The van der Waals surface area contributed by atoms with Gasteiger partial charge in [0.25, 0.3) is 0 Å². The van der Waals surface area contributed by atoms with Gasteiger partial charge in [-0.15, -0.1) is 0 Å². The van der Waals surface area contributed by atoms with E-state index < -0.39 is 0 Å². The maximum atomic E-state index is 10.2. The zero-order chi connectivity index (χ0) is 18.2. The van der Waals surface area contributed by atoms with Crippen LogP contribution in [0.15, 0.2) is 54.6 Å². The number of benzene rings is 2. The van der Waals surface area contributed by atoms with Crippen LogP contribution in [0.1, 0.15) is 37.3 Å². The molecule has 0 aliphatic heterocycles. The molecule has 0 saturated heterocycles. The predicted octanol–water partition coefficient (Wildman–Crippen LogP) is 3.94. The fraction of sp³-hybridized carbons (Fsp3) is 0.429. The molecule has 2 aromatic rings. The van der Waals surface area contributed by atoms with Crippen molar-refractivity contribution in [2.45, 2.75) is 37.8 Å². The average Bonchev–Trinajstić information content (AvgIpc) is 2.58. The Morgan fingerprint density at radius 1 is 0.880 bits per heavy atom. The van der Waals surface area contributed by atoms with Gasteiger partial charge in [-0.25, -0.2) is 0 Å². The molecule has 2 aromatic carbocycles. The van der Waals surface area contributed by atoms with Gasteiger partial charge < -0.3 is 20.2 Å². The monoisotopic (exact) mass is 343 g/mol. The van der Waals surface area contributed by atoms with Crippen LogP contribution in [0.25, 0.3) is 0 Å². The van der Waals surface area contributed by atoms with Crippen molar-refractivity contribution in [1.82, 2.24) is 4.90 Å². The zero-order valence-electron chi connectivity index (χ0n) is 15.0. The van der Waals surface area contributed by atoms with Crippen LogP contribution in [0.3, 0.4) is 0 Å². The van der Waals surface area contributed by atoms with E-state index >= 15 is 0 Å². The molecule has 0 radical (unpaired) electrons. The van der Waals surface area contributed by atoms with E-state index in [9.17, 15) is 10.2 Å². The molecule has 1 saturated carbocycles. The first-order valence-corrected chi connectivity index (χ1v) is 8.86. The third-order valence-corrected chi connectivity index (χ3v) is 4.71. The minimum atomic E-state index is -0.228. The zero-order valence-corrected chi connectivity index (χ0v) is 15.0. The fourth-order valence-corrected chi connectivity index (χ4v) is 3.57. The SMILES string of the molecule is CN(C)C(c1cccc(O)c1)C1CCCCC1O.Oc1ccccc1. The molecular weight excluding hydrogens is 314 g/mol. The lowest BCUT2D eigenvalue weighted by Gasteiger charge is -2.38. The molecule has 0 bridgehead atoms. The molecule has 0 aromatic heterocycles. The van der Waals surface area contributed by atoms with Gasteiger partial charge in [-0.05, 0) is 56.8 Å². The van der Waals surface area contributed by atoms with Crippen molar-refractivity contribution in [3.05, 3.63) is 60.2 Å². The standard InChI is InChI=1S/C15H23NO2.C6H6O/c1-16(2)15(11-6-5-7-12(17)10-11)13-8-3-4-9-14(13)18;7-6-4-2-1-3-5-6/h5-7,10,13-15,17-18H,3-4,8-9H2,1-2H3;1-5,7H. The number of aromatic hydroxyl groups is 2. The Morgan fingerprint density at radius 3 is 2.04 bits per heavy atom. The summed E-state index contributed by atoms with van der Waals surface area (Å²) in [7, 11) is 4.08. The molecule has 0 heterocycles. The van der Waals surface area contributed by atoms with Gasteiger partial charge in [0.05, 0.1) is 6.10 Å². The Balaban J connectivity index is 0.000000269. The number of para-hydroxylation sites is 1. The van der Waals surface area contributed by atoms with E-state index in [1.54, 1.807) is 30.3 Å². The van der Waals surface area contributed by atoms with E-state index in [4.69, 9.17) is 5.11 Å². The first kappa shape index (κ1) is 19.3. The molecule has 25 heavy (non-hydrogen) atoms. The molecule has 1 aliphatic carbocycles. The second-order valence-electron chi connectivity index (χ2n) is 6.85. The number of rotatable bonds is 3. The lowest BCUT2D eigenvalue weighted by atomic mass is 9.78. The molecule has 1 aliphatic rings. The summed E-state index contributed by atoms with van der Waals surface area (Å²) >= 11 is 0. The number of nitrogens with zero attached hydrogens (tertiary/aromatic N) is 1. The summed E-state index contributed by atoms with van der Waals surface area (Å²) < 4.78 is 0. The van der Waals surface area contributed by atoms with Gasteiger partial charge in [-0.2, -0.15) is 0 Å². The van der Waals surface area contributed by atoms with Crippen LogP contribution in [0.2, 0.25) is 0 Å². The summed E-state index contributed by atoms with van der Waals surface area (Å²) in [5, 5.41) is 28.5. The Labute approximate surface area is 150 Å². The molecule has 4 nitrogen and oxygen atoms in total. The molecule has 3 unspecified atom stereocenters. The molecule has 0 amide bonds. The highest BCUT2D eigenvalue weighted by Crippen LogP contribution is 2.38. The summed E-state index contributed by atoms with van der Waals surface area (Å²) in [5.74, 6) is 0.877. The first-order valence-electron chi connectivity index (χ1n) is 8.86. The van der Waals surface area contributed by atoms with Gasteiger partial charge in [-0.3, -0.25) is 0 Å². The quantitative estimate of drug-likeness (QED) is 0.790. The lowest BCUT2D eigenvalue weighted by molar-refractivity contribution is 0.0220. The highest BCUT2D eigenvalue weighted by atomic mass is 16.3. The summed E-state index contributed by atoms with van der Waals surface area (Å²) in [6, 6.07) is 16.3. The van der Waals surface area contributed by atoms with Crippen LogP contribution in [0, 0.1) is 5.92 Å². The van der Waals surface area contributed by atoms with Crippen LogP contribution in [0.4, 0.5) is 0 Å². The largest absolute Gasteiger partial charge is 0.508 e. The maximum Gasteiger partial charge on any atom is 0.115 e. The van der Waals surface area contributed by atoms with Gasteiger partial charge >= 0.3 is 0 Å². The molecule has 1 fully saturated rings. The Hall–Kier alpha value is -2.04. The highest BCUT2D eigenvalue weighted by Gasteiger charge is 2.32. The number of hydrogen-bond acceptors (Lipinski definition) is 4. The van der Waals surface area contributed by atoms with Crippen molar-refractivity contribution < 1.29 is 15.3 Å². The topological polar surface area (TPSA) is 63.9 Å². The lowest BCUT2D eigenvalue weighted by Crippen LogP contribution is -2.36. The van der Waals surface area contributed by atoms with Crippen LogP contribution < -0.4 is 0 Å². The second kappa shape index (κ2) is 9.44. The van der Waals surface area contributed by atoms with Crippen molar-refractivity contribution in [3.8, 4) is 11.5 Å². The van der Waals surface area contributed by atoms with Crippen LogP contribution in [-0.2, 0) is 0 Å². The van der Waals surface area contributed by atoms with Gasteiger partial charge in [0.15, 0.2) is 0 Å². The minimum absolute atomic E-state index is 0.174. The summed E-state index contributed by atoms with van der Waals surface area (Å²) in [5.41, 5.74) is 1.09. The normalized spacial score (nSPS) is 21.3. The van der Waals surface area contributed by atoms with Crippen molar-refractivity contribution in [2.75, 3.05) is 14.1 Å². The number of phenols is 2. The van der Waals surface area contributed by atoms with Crippen molar-refractivity contribution in [3.63, 3.8) is 0 Å². The minimum Gasteiger partial charge on any atom is -0.508 e. The molecule has 136 valence electrons. The summed E-state index contributed by atoms with van der Waals surface area (Å²) in [6.07, 6.45) is 4.03. The summed E-state index contributed by atoms with van der Waals surface area (Å²) in [6.45, 7) is 0. The number of hydrogen-bond donors (Lipinski definition) is 3. The van der Waals surface area contributed by atoms with E-state index in [1.165, 1.54) is 6.42 Å². The third-order valence-electron chi connectivity index (χ3n) is 4.71. The van der Waals surface area contributed by atoms with E-state index in [1.807, 2.05) is 38.4 Å². The second-order valence-corrected chi connectivity index (χ2v) is 6.85.